The third kappa shape index (κ3) is 4.84. The number of hydrogen-bond acceptors (Lipinski definition) is 3. The number of carbonyl (C=O) groups is 1. The van der Waals surface area contributed by atoms with E-state index in [9.17, 15) is 9.90 Å². The molecule has 0 spiro atoms. The Morgan fingerprint density at radius 1 is 1.37 bits per heavy atom. The van der Waals surface area contributed by atoms with E-state index >= 15 is 0 Å². The summed E-state index contributed by atoms with van der Waals surface area (Å²) in [5.41, 5.74) is 0. The molecule has 5 heteroatoms. The third-order valence-corrected chi connectivity index (χ3v) is 4.55. The van der Waals surface area contributed by atoms with Gasteiger partial charge >= 0.3 is 6.03 Å². The van der Waals surface area contributed by atoms with Crippen LogP contribution < -0.4 is 10.6 Å². The van der Waals surface area contributed by atoms with Crippen molar-refractivity contribution in [1.29, 1.82) is 0 Å². The SMILES string of the molecule is O=C(NCc1cccs1)NC[C@@H](O)C1CCCCC1. The van der Waals surface area contributed by atoms with Crippen LogP contribution in [-0.2, 0) is 6.54 Å². The largest absolute Gasteiger partial charge is 0.391 e. The molecule has 3 N–H and O–H groups in total. The van der Waals surface area contributed by atoms with Gasteiger partial charge in [0.25, 0.3) is 0 Å². The molecule has 0 bridgehead atoms. The second-order valence-electron chi connectivity index (χ2n) is 5.11. The minimum atomic E-state index is -0.409. The molecule has 2 amide bonds. The smallest absolute Gasteiger partial charge is 0.315 e. The van der Waals surface area contributed by atoms with Gasteiger partial charge in [0, 0.05) is 11.4 Å². The molecule has 0 radical (unpaired) electrons. The van der Waals surface area contributed by atoms with Crippen LogP contribution >= 0.6 is 11.3 Å². The van der Waals surface area contributed by atoms with Crippen molar-refractivity contribution in [2.45, 2.75) is 44.8 Å². The first-order valence-electron chi connectivity index (χ1n) is 6.98. The Morgan fingerprint density at radius 3 is 2.84 bits per heavy atom. The summed E-state index contributed by atoms with van der Waals surface area (Å²) in [5, 5.41) is 17.6. The van der Waals surface area contributed by atoms with Crippen molar-refractivity contribution in [3.05, 3.63) is 22.4 Å². The van der Waals surface area contributed by atoms with E-state index in [1.807, 2.05) is 17.5 Å². The maximum Gasteiger partial charge on any atom is 0.315 e. The average Bonchev–Trinajstić information content (AvgIpc) is 2.96. The van der Waals surface area contributed by atoms with Gasteiger partial charge in [-0.2, -0.15) is 0 Å². The maximum atomic E-state index is 11.6. The molecule has 106 valence electrons. The predicted octanol–water partition coefficient (Wildman–Crippen LogP) is 2.49. The number of aliphatic hydroxyl groups excluding tert-OH is 1. The molecule has 1 heterocycles. The second-order valence-corrected chi connectivity index (χ2v) is 6.14. The van der Waals surface area contributed by atoms with Crippen LogP contribution in [-0.4, -0.2) is 23.8 Å². The molecule has 0 saturated heterocycles. The zero-order chi connectivity index (χ0) is 13.5. The van der Waals surface area contributed by atoms with Gasteiger partial charge < -0.3 is 15.7 Å². The molecule has 0 unspecified atom stereocenters. The van der Waals surface area contributed by atoms with E-state index in [2.05, 4.69) is 10.6 Å². The first kappa shape index (κ1) is 14.3. The Hall–Kier alpha value is -1.07. The van der Waals surface area contributed by atoms with E-state index in [0.717, 1.165) is 17.7 Å². The van der Waals surface area contributed by atoms with E-state index in [1.165, 1.54) is 19.3 Å². The van der Waals surface area contributed by atoms with Gasteiger partial charge in [-0.1, -0.05) is 25.3 Å². The van der Waals surface area contributed by atoms with Gasteiger partial charge in [-0.3, -0.25) is 0 Å². The summed E-state index contributed by atoms with van der Waals surface area (Å²) in [4.78, 5) is 12.7. The van der Waals surface area contributed by atoms with Crippen molar-refractivity contribution >= 4 is 17.4 Å². The highest BCUT2D eigenvalue weighted by Gasteiger charge is 2.21. The van der Waals surface area contributed by atoms with E-state index in [0.29, 0.717) is 19.0 Å². The summed E-state index contributed by atoms with van der Waals surface area (Å²) in [7, 11) is 0. The van der Waals surface area contributed by atoms with Crippen LogP contribution in [0.15, 0.2) is 17.5 Å². The molecular formula is C14H22N2O2S. The molecule has 1 aliphatic carbocycles. The minimum absolute atomic E-state index is 0.205. The lowest BCUT2D eigenvalue weighted by Crippen LogP contribution is -2.41. The van der Waals surface area contributed by atoms with Gasteiger partial charge in [-0.15, -0.1) is 11.3 Å². The van der Waals surface area contributed by atoms with Crippen LogP contribution in [0.2, 0.25) is 0 Å². The van der Waals surface area contributed by atoms with Crippen molar-refractivity contribution < 1.29 is 9.90 Å². The molecule has 0 aliphatic heterocycles. The predicted molar refractivity (Wildman–Crippen MR) is 77.1 cm³/mol. The highest BCUT2D eigenvalue weighted by Crippen LogP contribution is 2.26. The molecule has 2 rings (SSSR count). The fourth-order valence-corrected chi connectivity index (χ4v) is 3.17. The molecule has 1 aromatic rings. The number of urea groups is 1. The number of nitrogens with one attached hydrogen (secondary N) is 2. The molecule has 0 aromatic carbocycles. The molecule has 1 aromatic heterocycles. The van der Waals surface area contributed by atoms with Crippen LogP contribution in [0.25, 0.3) is 0 Å². The Morgan fingerprint density at radius 2 is 2.16 bits per heavy atom. The zero-order valence-electron chi connectivity index (χ0n) is 11.1. The van der Waals surface area contributed by atoms with Gasteiger partial charge in [0.1, 0.15) is 0 Å². The maximum absolute atomic E-state index is 11.6. The lowest BCUT2D eigenvalue weighted by atomic mass is 9.85. The number of hydrogen-bond donors (Lipinski definition) is 3. The third-order valence-electron chi connectivity index (χ3n) is 3.67. The molecule has 1 atom stereocenters. The first-order valence-corrected chi connectivity index (χ1v) is 7.86. The van der Waals surface area contributed by atoms with Gasteiger partial charge in [0.15, 0.2) is 0 Å². The molecular weight excluding hydrogens is 260 g/mol. The van der Waals surface area contributed by atoms with Crippen LogP contribution in [0, 0.1) is 5.92 Å². The summed E-state index contributed by atoms with van der Waals surface area (Å²) in [6.45, 7) is 0.893. The molecule has 1 fully saturated rings. The Balaban J connectivity index is 1.62. The number of carbonyl (C=O) groups excluding carboxylic acids is 1. The van der Waals surface area contributed by atoms with Crippen molar-refractivity contribution in [2.75, 3.05) is 6.54 Å². The lowest BCUT2D eigenvalue weighted by molar-refractivity contribution is 0.0858. The highest BCUT2D eigenvalue weighted by molar-refractivity contribution is 7.09. The van der Waals surface area contributed by atoms with E-state index in [4.69, 9.17) is 0 Å². The molecule has 19 heavy (non-hydrogen) atoms. The average molecular weight is 282 g/mol. The van der Waals surface area contributed by atoms with Crippen molar-refractivity contribution in [3.63, 3.8) is 0 Å². The summed E-state index contributed by atoms with van der Waals surface area (Å²) < 4.78 is 0. The van der Waals surface area contributed by atoms with Crippen molar-refractivity contribution in [1.82, 2.24) is 10.6 Å². The molecule has 1 aliphatic rings. The Kier molecular flexibility index (Phi) is 5.66. The summed E-state index contributed by atoms with van der Waals surface area (Å²) >= 11 is 1.62. The summed E-state index contributed by atoms with van der Waals surface area (Å²) in [6.07, 6.45) is 5.43. The van der Waals surface area contributed by atoms with Gasteiger partial charge in [-0.25, -0.2) is 4.79 Å². The highest BCUT2D eigenvalue weighted by atomic mass is 32.1. The second kappa shape index (κ2) is 7.50. The number of thiophene rings is 1. The fraction of sp³-hybridized carbons (Fsp3) is 0.643. The van der Waals surface area contributed by atoms with Crippen LogP contribution in [0.4, 0.5) is 4.79 Å². The van der Waals surface area contributed by atoms with E-state index in [1.54, 1.807) is 11.3 Å². The minimum Gasteiger partial charge on any atom is -0.391 e. The van der Waals surface area contributed by atoms with Crippen molar-refractivity contribution in [2.24, 2.45) is 5.92 Å². The van der Waals surface area contributed by atoms with Crippen molar-refractivity contribution in [3.8, 4) is 0 Å². The lowest BCUT2D eigenvalue weighted by Gasteiger charge is -2.26. The molecule has 4 nitrogen and oxygen atoms in total. The van der Waals surface area contributed by atoms with Gasteiger partial charge in [0.05, 0.1) is 12.6 Å². The monoisotopic (exact) mass is 282 g/mol. The van der Waals surface area contributed by atoms with Gasteiger partial charge in [0.2, 0.25) is 0 Å². The number of amides is 2. The normalized spacial score (nSPS) is 17.9. The topological polar surface area (TPSA) is 61.4 Å². The fourth-order valence-electron chi connectivity index (χ4n) is 2.53. The summed E-state index contributed by atoms with van der Waals surface area (Å²) in [6, 6.07) is 3.75. The quantitative estimate of drug-likeness (QED) is 0.777. The standard InChI is InChI=1S/C14H22N2O2S/c17-13(11-5-2-1-3-6-11)10-16-14(18)15-9-12-7-4-8-19-12/h4,7-8,11,13,17H,1-3,5-6,9-10H2,(H2,15,16,18)/t13-/m1/s1. The van der Waals surface area contributed by atoms with Gasteiger partial charge in [-0.05, 0) is 30.2 Å². The van der Waals surface area contributed by atoms with Crippen LogP contribution in [0.1, 0.15) is 37.0 Å². The first-order chi connectivity index (χ1) is 9.25. The Labute approximate surface area is 118 Å². The van der Waals surface area contributed by atoms with Crippen LogP contribution in [0.3, 0.4) is 0 Å². The number of aliphatic hydroxyl groups is 1. The zero-order valence-corrected chi connectivity index (χ0v) is 11.9. The van der Waals surface area contributed by atoms with E-state index in [-0.39, 0.29) is 6.03 Å². The van der Waals surface area contributed by atoms with E-state index < -0.39 is 6.10 Å². The Bertz CT molecular complexity index is 375. The van der Waals surface area contributed by atoms with Crippen LogP contribution in [0.5, 0.6) is 0 Å². The summed E-state index contributed by atoms with van der Waals surface area (Å²) in [5.74, 6) is 0.353. The molecule has 1 saturated carbocycles. The number of rotatable bonds is 5.